The van der Waals surface area contributed by atoms with E-state index in [9.17, 15) is 13.2 Å². The third-order valence-corrected chi connectivity index (χ3v) is 5.05. The second-order valence-corrected chi connectivity index (χ2v) is 7.11. The van der Waals surface area contributed by atoms with Crippen molar-refractivity contribution in [2.45, 2.75) is 43.5 Å². The first-order valence-electron chi connectivity index (χ1n) is 6.56. The smallest absolute Gasteiger partial charge is 0.235 e. The lowest BCUT2D eigenvalue weighted by molar-refractivity contribution is -0.119. The molecule has 104 valence electrons. The van der Waals surface area contributed by atoms with Gasteiger partial charge in [0.05, 0.1) is 4.90 Å². The van der Waals surface area contributed by atoms with Gasteiger partial charge in [-0.05, 0) is 31.9 Å². The summed E-state index contributed by atoms with van der Waals surface area (Å²) in [7, 11) is -3.53. The Kier molecular flexibility index (Phi) is 4.24. The van der Waals surface area contributed by atoms with Gasteiger partial charge in [-0.1, -0.05) is 30.5 Å². The molecule has 0 spiro atoms. The number of carbonyl (C=O) groups excluding carboxylic acids is 1. The van der Waals surface area contributed by atoms with E-state index in [2.05, 4.69) is 5.32 Å². The largest absolute Gasteiger partial charge is 0.352 e. The van der Waals surface area contributed by atoms with Gasteiger partial charge in [-0.3, -0.25) is 4.79 Å². The van der Waals surface area contributed by atoms with Gasteiger partial charge < -0.3 is 5.32 Å². The highest BCUT2D eigenvalue weighted by Gasteiger charge is 2.22. The zero-order chi connectivity index (χ0) is 13.9. The molecule has 1 amide bonds. The molecule has 1 saturated carbocycles. The van der Waals surface area contributed by atoms with E-state index in [1.807, 2.05) is 6.92 Å². The maximum absolute atomic E-state index is 12.1. The van der Waals surface area contributed by atoms with Gasteiger partial charge in [0.25, 0.3) is 0 Å². The minimum absolute atomic E-state index is 0.153. The second-order valence-electron chi connectivity index (χ2n) is 5.12. The quantitative estimate of drug-likeness (QED) is 0.915. The maximum atomic E-state index is 12.1. The van der Waals surface area contributed by atoms with Crippen LogP contribution in [0.4, 0.5) is 0 Å². The lowest BCUT2D eigenvalue weighted by atomic mass is 10.2. The van der Waals surface area contributed by atoms with Crippen LogP contribution >= 0.6 is 0 Å². The molecule has 1 aliphatic rings. The summed E-state index contributed by atoms with van der Waals surface area (Å²) in [6.07, 6.45) is 4.12. The topological polar surface area (TPSA) is 63.2 Å². The fourth-order valence-corrected chi connectivity index (χ4v) is 3.49. The summed E-state index contributed by atoms with van der Waals surface area (Å²) in [6.45, 7) is 1.89. The molecule has 0 atom stereocenters. The number of hydrogen-bond acceptors (Lipinski definition) is 3. The summed E-state index contributed by atoms with van der Waals surface area (Å²) in [5.74, 6) is -0.862. The van der Waals surface area contributed by atoms with Crippen molar-refractivity contribution in [3.05, 3.63) is 29.8 Å². The van der Waals surface area contributed by atoms with Crippen LogP contribution in [0.3, 0.4) is 0 Å². The van der Waals surface area contributed by atoms with Crippen LogP contribution in [0.5, 0.6) is 0 Å². The van der Waals surface area contributed by atoms with E-state index in [-0.39, 0.29) is 10.9 Å². The van der Waals surface area contributed by atoms with Crippen LogP contribution < -0.4 is 5.32 Å². The molecule has 0 bridgehead atoms. The first-order valence-corrected chi connectivity index (χ1v) is 8.21. The molecule has 1 aromatic rings. The van der Waals surface area contributed by atoms with Gasteiger partial charge in [0, 0.05) is 6.04 Å². The van der Waals surface area contributed by atoms with Crippen molar-refractivity contribution in [2.75, 3.05) is 5.75 Å². The average Bonchev–Trinajstić information content (AvgIpc) is 2.81. The van der Waals surface area contributed by atoms with E-state index in [0.717, 1.165) is 31.2 Å². The third kappa shape index (κ3) is 3.80. The number of sulfone groups is 1. The summed E-state index contributed by atoms with van der Waals surface area (Å²) in [5, 5.41) is 2.80. The number of hydrogen-bond donors (Lipinski definition) is 1. The molecule has 19 heavy (non-hydrogen) atoms. The van der Waals surface area contributed by atoms with Crippen molar-refractivity contribution in [2.24, 2.45) is 0 Å². The molecule has 1 fully saturated rings. The number of carbonyl (C=O) groups is 1. The molecule has 0 heterocycles. The van der Waals surface area contributed by atoms with Crippen molar-refractivity contribution >= 4 is 15.7 Å². The normalized spacial score (nSPS) is 16.5. The number of amides is 1. The predicted molar refractivity (Wildman–Crippen MR) is 73.6 cm³/mol. The summed E-state index contributed by atoms with van der Waals surface area (Å²) >= 11 is 0. The SMILES string of the molecule is Cc1ccc(S(=O)(=O)CC(=O)NC2CCCC2)cc1. The van der Waals surface area contributed by atoms with E-state index in [0.29, 0.717) is 0 Å². The zero-order valence-corrected chi connectivity index (χ0v) is 11.9. The summed E-state index contributed by atoms with van der Waals surface area (Å²) < 4.78 is 24.1. The molecule has 0 unspecified atom stereocenters. The van der Waals surface area contributed by atoms with Gasteiger partial charge in [-0.2, -0.15) is 0 Å². The van der Waals surface area contributed by atoms with Crippen LogP contribution in [0.1, 0.15) is 31.2 Å². The molecule has 1 aromatic carbocycles. The van der Waals surface area contributed by atoms with Crippen molar-refractivity contribution in [3.8, 4) is 0 Å². The monoisotopic (exact) mass is 281 g/mol. The van der Waals surface area contributed by atoms with Crippen LogP contribution in [-0.4, -0.2) is 26.1 Å². The molecule has 4 nitrogen and oxygen atoms in total. The van der Waals surface area contributed by atoms with Crippen molar-refractivity contribution in [1.82, 2.24) is 5.32 Å². The summed E-state index contributed by atoms with van der Waals surface area (Å²) in [5.41, 5.74) is 0.995. The lowest BCUT2D eigenvalue weighted by Crippen LogP contribution is -2.36. The Morgan fingerprint density at radius 3 is 2.37 bits per heavy atom. The Bertz CT molecular complexity index is 543. The summed E-state index contributed by atoms with van der Waals surface area (Å²) in [6, 6.07) is 6.73. The average molecular weight is 281 g/mol. The number of benzene rings is 1. The van der Waals surface area contributed by atoms with E-state index in [1.165, 1.54) is 0 Å². The van der Waals surface area contributed by atoms with E-state index in [1.54, 1.807) is 24.3 Å². The van der Waals surface area contributed by atoms with Crippen LogP contribution in [0, 0.1) is 6.92 Å². The van der Waals surface area contributed by atoms with Crippen LogP contribution in [0.2, 0.25) is 0 Å². The van der Waals surface area contributed by atoms with E-state index >= 15 is 0 Å². The van der Waals surface area contributed by atoms with E-state index < -0.39 is 21.5 Å². The number of rotatable bonds is 4. The molecule has 5 heteroatoms. The van der Waals surface area contributed by atoms with Gasteiger partial charge in [0.15, 0.2) is 9.84 Å². The first kappa shape index (κ1) is 14.1. The van der Waals surface area contributed by atoms with Crippen LogP contribution in [0.15, 0.2) is 29.2 Å². The molecule has 0 aliphatic heterocycles. The molecular weight excluding hydrogens is 262 g/mol. The Morgan fingerprint density at radius 1 is 1.21 bits per heavy atom. The lowest BCUT2D eigenvalue weighted by Gasteiger charge is -2.12. The van der Waals surface area contributed by atoms with Gasteiger partial charge in [-0.25, -0.2) is 8.42 Å². The minimum atomic E-state index is -3.53. The first-order chi connectivity index (χ1) is 8.97. The molecule has 2 rings (SSSR count). The molecule has 0 radical (unpaired) electrons. The zero-order valence-electron chi connectivity index (χ0n) is 11.1. The van der Waals surface area contributed by atoms with Crippen molar-refractivity contribution in [1.29, 1.82) is 0 Å². The highest BCUT2D eigenvalue weighted by molar-refractivity contribution is 7.92. The maximum Gasteiger partial charge on any atom is 0.235 e. The highest BCUT2D eigenvalue weighted by atomic mass is 32.2. The highest BCUT2D eigenvalue weighted by Crippen LogP contribution is 2.18. The Labute approximate surface area is 114 Å². The second kappa shape index (κ2) is 5.74. The van der Waals surface area contributed by atoms with Gasteiger partial charge in [0.2, 0.25) is 5.91 Å². The molecule has 1 aliphatic carbocycles. The third-order valence-electron chi connectivity index (χ3n) is 3.42. The van der Waals surface area contributed by atoms with Gasteiger partial charge in [-0.15, -0.1) is 0 Å². The molecular formula is C14H19NO3S. The molecule has 1 N–H and O–H groups in total. The minimum Gasteiger partial charge on any atom is -0.352 e. The standard InChI is InChI=1S/C14H19NO3S/c1-11-6-8-13(9-7-11)19(17,18)10-14(16)15-12-4-2-3-5-12/h6-9,12H,2-5,10H2,1H3,(H,15,16). The fourth-order valence-electron chi connectivity index (χ4n) is 2.34. The fraction of sp³-hybridized carbons (Fsp3) is 0.500. The number of aryl methyl sites for hydroxylation is 1. The van der Waals surface area contributed by atoms with Crippen molar-refractivity contribution < 1.29 is 13.2 Å². The van der Waals surface area contributed by atoms with Gasteiger partial charge in [0.1, 0.15) is 5.75 Å². The van der Waals surface area contributed by atoms with Crippen LogP contribution in [-0.2, 0) is 14.6 Å². The van der Waals surface area contributed by atoms with Gasteiger partial charge >= 0.3 is 0 Å². The number of nitrogens with one attached hydrogen (secondary N) is 1. The Hall–Kier alpha value is -1.36. The Balaban J connectivity index is 2.00. The van der Waals surface area contributed by atoms with Crippen LogP contribution in [0.25, 0.3) is 0 Å². The molecule has 0 saturated heterocycles. The molecule has 0 aromatic heterocycles. The Morgan fingerprint density at radius 2 is 1.79 bits per heavy atom. The predicted octanol–water partition coefficient (Wildman–Crippen LogP) is 1.83. The summed E-state index contributed by atoms with van der Waals surface area (Å²) in [4.78, 5) is 12.0. The van der Waals surface area contributed by atoms with Crippen molar-refractivity contribution in [3.63, 3.8) is 0 Å². The van der Waals surface area contributed by atoms with E-state index in [4.69, 9.17) is 0 Å².